The maximum Gasteiger partial charge on any atom is 0.243 e. The smallest absolute Gasteiger partial charge is 0.207 e. The lowest BCUT2D eigenvalue weighted by Crippen LogP contribution is -2.29. The number of benzene rings is 1. The molecule has 0 aromatic heterocycles. The van der Waals surface area contributed by atoms with Crippen LogP contribution in [0.5, 0.6) is 0 Å². The van der Waals surface area contributed by atoms with Gasteiger partial charge in [0.25, 0.3) is 0 Å². The molecule has 3 nitrogen and oxygen atoms in total. The third-order valence-corrected chi connectivity index (χ3v) is 6.23. The maximum absolute atomic E-state index is 12.3. The van der Waals surface area contributed by atoms with Crippen molar-refractivity contribution in [2.24, 2.45) is 0 Å². The van der Waals surface area contributed by atoms with E-state index in [2.05, 4.69) is 27.0 Å². The number of allylic oxidation sites excluding steroid dienone is 2. The summed E-state index contributed by atoms with van der Waals surface area (Å²) in [6, 6.07) is 7.01. The van der Waals surface area contributed by atoms with E-state index in [0.717, 1.165) is 29.6 Å². The van der Waals surface area contributed by atoms with Crippen LogP contribution in [-0.4, -0.2) is 25.8 Å². The fourth-order valence-electron chi connectivity index (χ4n) is 2.58. The molecule has 1 aliphatic heterocycles. The number of nitrogens with zero attached hydrogens (tertiary/aromatic N) is 1. The van der Waals surface area contributed by atoms with Gasteiger partial charge in [-0.15, -0.1) is 13.2 Å². The van der Waals surface area contributed by atoms with Crippen molar-refractivity contribution >= 4 is 10.0 Å². The number of rotatable bonds is 6. The van der Waals surface area contributed by atoms with Gasteiger partial charge in [-0.3, -0.25) is 0 Å². The van der Waals surface area contributed by atoms with Gasteiger partial charge in [0.2, 0.25) is 10.0 Å². The first-order valence-electron chi connectivity index (χ1n) is 9.05. The highest BCUT2D eigenvalue weighted by atomic mass is 32.2. The minimum atomic E-state index is -3.33. The molecule has 0 radical (unpaired) electrons. The van der Waals surface area contributed by atoms with E-state index < -0.39 is 10.0 Å². The van der Waals surface area contributed by atoms with Crippen LogP contribution < -0.4 is 0 Å². The lowest BCUT2D eigenvalue weighted by atomic mass is 10.1. The van der Waals surface area contributed by atoms with Gasteiger partial charge in [0.15, 0.2) is 0 Å². The molecule has 0 saturated heterocycles. The molecule has 1 aromatic rings. The van der Waals surface area contributed by atoms with Crippen LogP contribution >= 0.6 is 0 Å². The van der Waals surface area contributed by atoms with Crippen LogP contribution in [0.25, 0.3) is 0 Å². The first-order chi connectivity index (χ1) is 12.0. The topological polar surface area (TPSA) is 37.4 Å². The van der Waals surface area contributed by atoms with Gasteiger partial charge in [0, 0.05) is 13.1 Å². The number of aryl methyl sites for hydroxylation is 1. The number of hydrogen-bond acceptors (Lipinski definition) is 2. The van der Waals surface area contributed by atoms with Gasteiger partial charge in [-0.05, 0) is 66.0 Å². The van der Waals surface area contributed by atoms with Gasteiger partial charge < -0.3 is 0 Å². The van der Waals surface area contributed by atoms with Crippen molar-refractivity contribution in [3.05, 3.63) is 65.3 Å². The summed E-state index contributed by atoms with van der Waals surface area (Å²) < 4.78 is 26.2. The molecule has 0 fully saturated rings. The Labute approximate surface area is 160 Å². The van der Waals surface area contributed by atoms with E-state index >= 15 is 0 Å². The summed E-state index contributed by atoms with van der Waals surface area (Å²) >= 11 is 0. The van der Waals surface area contributed by atoms with E-state index in [1.807, 2.05) is 32.9 Å². The Morgan fingerprint density at radius 2 is 1.35 bits per heavy atom. The van der Waals surface area contributed by atoms with E-state index in [4.69, 9.17) is 0 Å². The SMILES string of the molecule is C=C(C)CCCC(=C)C.CC1=C(C)CN(S(=O)(=O)c2ccc(C)cc2)C1. The van der Waals surface area contributed by atoms with Gasteiger partial charge in [-0.2, -0.15) is 4.31 Å². The van der Waals surface area contributed by atoms with Gasteiger partial charge in [0.1, 0.15) is 0 Å². The highest BCUT2D eigenvalue weighted by molar-refractivity contribution is 7.89. The highest BCUT2D eigenvalue weighted by Gasteiger charge is 2.28. The standard InChI is InChI=1S/C13H17NO2S.C9H16/c1-10-4-6-13(7-5-10)17(15,16)14-8-11(2)12(3)9-14;1-8(2)6-5-7-9(3)4/h4-7H,8-9H2,1-3H3;1,3,5-7H2,2,4H3. The summed E-state index contributed by atoms with van der Waals surface area (Å²) in [5, 5.41) is 0. The van der Waals surface area contributed by atoms with E-state index in [0.29, 0.717) is 18.0 Å². The largest absolute Gasteiger partial charge is 0.243 e. The van der Waals surface area contributed by atoms with Crippen molar-refractivity contribution in [2.75, 3.05) is 13.1 Å². The van der Waals surface area contributed by atoms with Crippen LogP contribution in [0, 0.1) is 6.92 Å². The molecule has 0 N–H and O–H groups in total. The van der Waals surface area contributed by atoms with E-state index in [1.54, 1.807) is 12.1 Å². The minimum absolute atomic E-state index is 0.380. The number of sulfonamides is 1. The normalized spacial score (nSPS) is 14.8. The van der Waals surface area contributed by atoms with Crippen molar-refractivity contribution in [1.82, 2.24) is 4.31 Å². The molecule has 2 rings (SSSR count). The summed E-state index contributed by atoms with van der Waals surface area (Å²) in [6.07, 6.45) is 3.50. The second-order valence-electron chi connectivity index (χ2n) is 7.41. The molecule has 1 heterocycles. The molecule has 0 atom stereocenters. The summed E-state index contributed by atoms with van der Waals surface area (Å²) in [6.45, 7) is 18.7. The minimum Gasteiger partial charge on any atom is -0.207 e. The summed E-state index contributed by atoms with van der Waals surface area (Å²) in [5.41, 5.74) is 5.92. The molecule has 26 heavy (non-hydrogen) atoms. The van der Waals surface area contributed by atoms with Crippen molar-refractivity contribution in [2.45, 2.75) is 58.8 Å². The fraction of sp³-hybridized carbons (Fsp3) is 0.455. The monoisotopic (exact) mass is 375 g/mol. The Morgan fingerprint density at radius 1 is 0.923 bits per heavy atom. The van der Waals surface area contributed by atoms with Gasteiger partial charge in [-0.25, -0.2) is 8.42 Å². The average Bonchev–Trinajstić information content (AvgIpc) is 2.88. The van der Waals surface area contributed by atoms with Crippen molar-refractivity contribution in [3.63, 3.8) is 0 Å². The zero-order valence-corrected chi connectivity index (χ0v) is 17.7. The molecular weight excluding hydrogens is 342 g/mol. The maximum atomic E-state index is 12.3. The molecule has 0 unspecified atom stereocenters. The lowest BCUT2D eigenvalue weighted by molar-refractivity contribution is 0.481. The summed E-state index contributed by atoms with van der Waals surface area (Å²) in [4.78, 5) is 0.380. The van der Waals surface area contributed by atoms with Crippen LogP contribution in [0.2, 0.25) is 0 Å². The van der Waals surface area contributed by atoms with Gasteiger partial charge >= 0.3 is 0 Å². The molecule has 0 saturated carbocycles. The first kappa shape index (κ1) is 22.4. The Balaban J connectivity index is 0.000000321. The van der Waals surface area contributed by atoms with Gasteiger partial charge in [-0.1, -0.05) is 40.0 Å². The molecule has 0 bridgehead atoms. The van der Waals surface area contributed by atoms with Gasteiger partial charge in [0.05, 0.1) is 4.90 Å². The van der Waals surface area contributed by atoms with Crippen LogP contribution in [0.3, 0.4) is 0 Å². The quantitative estimate of drug-likeness (QED) is 0.603. The molecule has 1 aromatic carbocycles. The Bertz CT molecular complexity index is 743. The van der Waals surface area contributed by atoms with E-state index in [-0.39, 0.29) is 0 Å². The van der Waals surface area contributed by atoms with Crippen molar-refractivity contribution in [3.8, 4) is 0 Å². The predicted octanol–water partition coefficient (Wildman–Crippen LogP) is 5.64. The summed E-state index contributed by atoms with van der Waals surface area (Å²) in [5.74, 6) is 0. The zero-order chi connectivity index (χ0) is 19.9. The fourth-order valence-corrected chi connectivity index (χ4v) is 4.08. The van der Waals surface area contributed by atoms with Crippen molar-refractivity contribution in [1.29, 1.82) is 0 Å². The molecule has 144 valence electrons. The third kappa shape index (κ3) is 6.93. The van der Waals surface area contributed by atoms with Crippen LogP contribution in [0.1, 0.15) is 52.5 Å². The second-order valence-corrected chi connectivity index (χ2v) is 9.35. The summed E-state index contributed by atoms with van der Waals surface area (Å²) in [7, 11) is -3.33. The molecular formula is C22H33NO2S. The van der Waals surface area contributed by atoms with E-state index in [9.17, 15) is 8.42 Å². The van der Waals surface area contributed by atoms with E-state index in [1.165, 1.54) is 21.9 Å². The first-order valence-corrected chi connectivity index (χ1v) is 10.5. The number of hydrogen-bond donors (Lipinski definition) is 0. The third-order valence-electron chi connectivity index (χ3n) is 4.42. The zero-order valence-electron chi connectivity index (χ0n) is 16.9. The van der Waals surface area contributed by atoms with Crippen LogP contribution in [0.15, 0.2) is 64.6 Å². The molecule has 0 aliphatic carbocycles. The molecule has 1 aliphatic rings. The highest BCUT2D eigenvalue weighted by Crippen LogP contribution is 2.24. The molecule has 0 spiro atoms. The second kappa shape index (κ2) is 9.89. The lowest BCUT2D eigenvalue weighted by Gasteiger charge is -2.16. The van der Waals surface area contributed by atoms with Crippen LogP contribution in [-0.2, 0) is 10.0 Å². The molecule has 4 heteroatoms. The predicted molar refractivity (Wildman–Crippen MR) is 112 cm³/mol. The van der Waals surface area contributed by atoms with Crippen molar-refractivity contribution < 1.29 is 8.42 Å². The Kier molecular flexibility index (Phi) is 8.51. The Hall–Kier alpha value is -1.65. The molecule has 0 amide bonds. The average molecular weight is 376 g/mol. The Morgan fingerprint density at radius 3 is 1.73 bits per heavy atom. The van der Waals surface area contributed by atoms with Crippen LogP contribution in [0.4, 0.5) is 0 Å².